The Kier molecular flexibility index (Phi) is 6.57. The van der Waals surface area contributed by atoms with Crippen molar-refractivity contribution in [1.29, 1.82) is 0 Å². The second kappa shape index (κ2) is 10.0. The first-order valence-electron chi connectivity index (χ1n) is 12.1. The molecular formula is C28H26FN7O3. The van der Waals surface area contributed by atoms with Crippen LogP contribution in [0.1, 0.15) is 26.3 Å². The summed E-state index contributed by atoms with van der Waals surface area (Å²) in [7, 11) is 0. The molecule has 0 saturated heterocycles. The molecule has 198 valence electrons. The number of carbonyl (C=O) groups excluding carboxylic acids is 1. The molecule has 0 fully saturated rings. The topological polar surface area (TPSA) is 118 Å². The molecular weight excluding hydrogens is 501 g/mol. The Morgan fingerprint density at radius 3 is 2.64 bits per heavy atom. The number of nitrogens with one attached hydrogen (secondary N) is 2. The van der Waals surface area contributed by atoms with Gasteiger partial charge in [0.25, 0.3) is 5.56 Å². The van der Waals surface area contributed by atoms with E-state index < -0.39 is 22.9 Å². The van der Waals surface area contributed by atoms with Crippen LogP contribution in [0.2, 0.25) is 0 Å². The fourth-order valence-corrected chi connectivity index (χ4v) is 4.00. The molecule has 0 radical (unpaired) electrons. The summed E-state index contributed by atoms with van der Waals surface area (Å²) in [5, 5.41) is 7.31. The zero-order chi connectivity index (χ0) is 27.7. The summed E-state index contributed by atoms with van der Waals surface area (Å²) >= 11 is 0. The molecule has 0 aliphatic rings. The Balaban J connectivity index is 1.55. The molecule has 0 bridgehead atoms. The van der Waals surface area contributed by atoms with E-state index in [1.807, 2.05) is 52.0 Å². The maximum absolute atomic E-state index is 15.7. The third-order valence-corrected chi connectivity index (χ3v) is 5.61. The second-order valence-corrected chi connectivity index (χ2v) is 9.92. The van der Waals surface area contributed by atoms with Crippen molar-refractivity contribution in [3.8, 4) is 17.2 Å². The summed E-state index contributed by atoms with van der Waals surface area (Å²) in [5.41, 5.74) is 1.30. The van der Waals surface area contributed by atoms with Crippen molar-refractivity contribution in [3.63, 3.8) is 0 Å². The molecule has 0 unspecified atom stereocenters. The minimum absolute atomic E-state index is 0.000504. The first-order valence-corrected chi connectivity index (χ1v) is 12.1. The Morgan fingerprint density at radius 1 is 1.08 bits per heavy atom. The minimum Gasteiger partial charge on any atom is -0.455 e. The number of benzene rings is 2. The number of aryl methyl sites for hydroxylation is 1. The summed E-state index contributed by atoms with van der Waals surface area (Å²) in [5.74, 6) is 0.0971. The molecule has 3 aromatic heterocycles. The van der Waals surface area contributed by atoms with E-state index in [1.54, 1.807) is 29.1 Å². The standard InChI is InChI=1S/C28H26FN7O3/c1-17-6-5-7-18(14-17)36-24(11-13-32-36)35(27(38)34-28(2,3)4)21-9-8-19(15-20(21)29)39-22-10-12-30-26-25(22)31-16-23(37)33-26/h5-16H,1-4H3,(H,34,38)(H,30,33,37). The quantitative estimate of drug-likeness (QED) is 0.316. The number of hydrogen-bond donors (Lipinski definition) is 2. The first-order chi connectivity index (χ1) is 18.6. The number of hydrogen-bond acceptors (Lipinski definition) is 6. The maximum atomic E-state index is 15.7. The molecule has 0 atom stereocenters. The Hall–Kier alpha value is -5.06. The molecule has 3 heterocycles. The fourth-order valence-electron chi connectivity index (χ4n) is 4.00. The number of amides is 2. The number of ether oxygens (including phenoxy) is 1. The predicted molar refractivity (Wildman–Crippen MR) is 145 cm³/mol. The van der Waals surface area contributed by atoms with Gasteiger partial charge in [-0.1, -0.05) is 12.1 Å². The van der Waals surface area contributed by atoms with Gasteiger partial charge in [-0.25, -0.2) is 28.7 Å². The monoisotopic (exact) mass is 527 g/mol. The molecule has 11 heteroatoms. The van der Waals surface area contributed by atoms with Crippen molar-refractivity contribution in [2.75, 3.05) is 4.90 Å². The van der Waals surface area contributed by atoms with Gasteiger partial charge in [0.15, 0.2) is 17.2 Å². The third kappa shape index (κ3) is 5.47. The predicted octanol–water partition coefficient (Wildman–Crippen LogP) is 5.39. The highest BCUT2D eigenvalue weighted by atomic mass is 19.1. The van der Waals surface area contributed by atoms with Gasteiger partial charge in [-0.3, -0.25) is 4.79 Å². The SMILES string of the molecule is Cc1cccc(-n2nccc2N(C(=O)NC(C)(C)C)c2ccc(Oc3ccnc4[nH]c(=O)cnc34)cc2F)c1. The van der Waals surface area contributed by atoms with Gasteiger partial charge in [0.05, 0.1) is 23.8 Å². The number of aromatic amines is 1. The number of fused-ring (bicyclic) bond motifs is 1. The van der Waals surface area contributed by atoms with Crippen molar-refractivity contribution in [3.05, 3.63) is 94.9 Å². The molecule has 0 spiro atoms. The van der Waals surface area contributed by atoms with Crippen LogP contribution in [0.15, 0.2) is 78.0 Å². The van der Waals surface area contributed by atoms with E-state index in [9.17, 15) is 9.59 Å². The molecule has 2 amide bonds. The number of anilines is 2. The van der Waals surface area contributed by atoms with Gasteiger partial charge in [0, 0.05) is 29.9 Å². The van der Waals surface area contributed by atoms with Crippen LogP contribution in [0, 0.1) is 12.7 Å². The molecule has 2 aromatic carbocycles. The molecule has 5 rings (SSSR count). The van der Waals surface area contributed by atoms with Crippen molar-refractivity contribution >= 4 is 28.7 Å². The number of rotatable bonds is 5. The normalized spacial score (nSPS) is 11.4. The van der Waals surface area contributed by atoms with Crippen LogP contribution in [0.5, 0.6) is 11.5 Å². The zero-order valence-electron chi connectivity index (χ0n) is 21.8. The number of halogens is 1. The lowest BCUT2D eigenvalue weighted by atomic mass is 10.1. The highest BCUT2D eigenvalue weighted by molar-refractivity contribution is 5.99. The van der Waals surface area contributed by atoms with Crippen LogP contribution in [-0.2, 0) is 0 Å². The highest BCUT2D eigenvalue weighted by Gasteiger charge is 2.28. The molecule has 0 aliphatic heterocycles. The largest absolute Gasteiger partial charge is 0.455 e. The highest BCUT2D eigenvalue weighted by Crippen LogP contribution is 2.34. The van der Waals surface area contributed by atoms with Gasteiger partial charge in [-0.15, -0.1) is 0 Å². The average Bonchev–Trinajstić information content (AvgIpc) is 3.34. The van der Waals surface area contributed by atoms with E-state index in [-0.39, 0.29) is 22.8 Å². The van der Waals surface area contributed by atoms with E-state index >= 15 is 4.39 Å². The molecule has 0 saturated carbocycles. The van der Waals surface area contributed by atoms with Crippen LogP contribution in [-0.4, -0.2) is 36.3 Å². The summed E-state index contributed by atoms with van der Waals surface area (Å²) in [6.45, 7) is 7.48. The van der Waals surface area contributed by atoms with Crippen molar-refractivity contribution < 1.29 is 13.9 Å². The fraction of sp³-hybridized carbons (Fsp3) is 0.179. The van der Waals surface area contributed by atoms with Crippen LogP contribution < -0.4 is 20.5 Å². The second-order valence-electron chi connectivity index (χ2n) is 9.92. The number of nitrogens with zero attached hydrogens (tertiary/aromatic N) is 5. The van der Waals surface area contributed by atoms with Crippen molar-refractivity contribution in [1.82, 2.24) is 30.0 Å². The van der Waals surface area contributed by atoms with Gasteiger partial charge in [0.1, 0.15) is 17.1 Å². The number of aromatic nitrogens is 5. The number of urea groups is 1. The summed E-state index contributed by atoms with van der Waals surface area (Å²) < 4.78 is 23.2. The van der Waals surface area contributed by atoms with E-state index in [1.165, 1.54) is 23.2 Å². The van der Waals surface area contributed by atoms with E-state index in [2.05, 4.69) is 25.4 Å². The van der Waals surface area contributed by atoms with Crippen molar-refractivity contribution in [2.45, 2.75) is 33.2 Å². The number of H-pyrrole nitrogens is 1. The lowest BCUT2D eigenvalue weighted by Crippen LogP contribution is -2.47. The smallest absolute Gasteiger partial charge is 0.328 e. The van der Waals surface area contributed by atoms with Gasteiger partial charge in [-0.05, 0) is 57.5 Å². The van der Waals surface area contributed by atoms with Crippen molar-refractivity contribution in [2.24, 2.45) is 0 Å². The molecule has 2 N–H and O–H groups in total. The van der Waals surface area contributed by atoms with Crippen LogP contribution >= 0.6 is 0 Å². The third-order valence-electron chi connectivity index (χ3n) is 5.61. The summed E-state index contributed by atoms with van der Waals surface area (Å²) in [6, 6.07) is 14.5. The van der Waals surface area contributed by atoms with Gasteiger partial charge in [-0.2, -0.15) is 5.10 Å². The van der Waals surface area contributed by atoms with Crippen LogP contribution in [0.3, 0.4) is 0 Å². The van der Waals surface area contributed by atoms with E-state index in [0.29, 0.717) is 11.3 Å². The van der Waals surface area contributed by atoms with Gasteiger partial charge in [0.2, 0.25) is 0 Å². The molecule has 5 aromatic rings. The van der Waals surface area contributed by atoms with Crippen LogP contribution in [0.25, 0.3) is 16.9 Å². The van der Waals surface area contributed by atoms with Crippen LogP contribution in [0.4, 0.5) is 20.7 Å². The molecule has 0 aliphatic carbocycles. The zero-order valence-corrected chi connectivity index (χ0v) is 21.8. The number of pyridine rings is 1. The Bertz CT molecular complexity index is 1740. The van der Waals surface area contributed by atoms with Gasteiger partial charge < -0.3 is 15.0 Å². The molecule has 39 heavy (non-hydrogen) atoms. The maximum Gasteiger partial charge on any atom is 0.328 e. The lowest BCUT2D eigenvalue weighted by Gasteiger charge is -2.29. The van der Waals surface area contributed by atoms with E-state index in [4.69, 9.17) is 4.74 Å². The van der Waals surface area contributed by atoms with E-state index in [0.717, 1.165) is 17.4 Å². The first kappa shape index (κ1) is 25.6. The average molecular weight is 528 g/mol. The summed E-state index contributed by atoms with van der Waals surface area (Å²) in [4.78, 5) is 37.1. The van der Waals surface area contributed by atoms with Gasteiger partial charge >= 0.3 is 6.03 Å². The lowest BCUT2D eigenvalue weighted by molar-refractivity contribution is 0.239. The minimum atomic E-state index is -0.701. The number of carbonyl (C=O) groups is 1. The summed E-state index contributed by atoms with van der Waals surface area (Å²) in [6.07, 6.45) is 4.12. The Labute approximate surface area is 223 Å². The Morgan fingerprint density at radius 2 is 1.90 bits per heavy atom. The molecule has 10 nitrogen and oxygen atoms in total.